The van der Waals surface area contributed by atoms with Crippen molar-refractivity contribution in [3.05, 3.63) is 46.0 Å². The highest BCUT2D eigenvalue weighted by molar-refractivity contribution is 5.85. The Balaban J connectivity index is 0.000000259. The van der Waals surface area contributed by atoms with Gasteiger partial charge in [-0.3, -0.25) is 16.0 Å². The first-order valence-electron chi connectivity index (χ1n) is 9.29. The predicted octanol–water partition coefficient (Wildman–Crippen LogP) is 1.75. The molecule has 2 heterocycles. The number of halogens is 1. The molecule has 1 saturated heterocycles. The summed E-state index contributed by atoms with van der Waals surface area (Å²) in [5.74, 6) is 5.52. The van der Waals surface area contributed by atoms with Crippen molar-refractivity contribution in [2.75, 3.05) is 32.2 Å². The highest BCUT2D eigenvalue weighted by Gasteiger charge is 2.29. The normalized spacial score (nSPS) is 15.6. The Labute approximate surface area is 186 Å². The quantitative estimate of drug-likeness (QED) is 0.300. The van der Waals surface area contributed by atoms with Gasteiger partial charge in [-0.25, -0.2) is 4.85 Å². The fourth-order valence-corrected chi connectivity index (χ4v) is 2.17. The van der Waals surface area contributed by atoms with Crippen LogP contribution in [0.25, 0.3) is 14.5 Å². The lowest BCUT2D eigenvalue weighted by Gasteiger charge is -1.99. The Bertz CT molecular complexity index is 851. The number of anilines is 1. The summed E-state index contributed by atoms with van der Waals surface area (Å²) in [6.07, 6.45) is 4.64. The predicted molar refractivity (Wildman–Crippen MR) is 113 cm³/mol. The summed E-state index contributed by atoms with van der Waals surface area (Å²) in [4.78, 5) is 9.12. The van der Waals surface area contributed by atoms with E-state index in [1.165, 1.54) is 12.8 Å². The molecule has 3 fully saturated rings. The van der Waals surface area contributed by atoms with E-state index in [-0.39, 0.29) is 49.0 Å². The summed E-state index contributed by atoms with van der Waals surface area (Å²) in [5.41, 5.74) is 8.66. The Kier molecular flexibility index (Phi) is 11.0. The van der Waals surface area contributed by atoms with E-state index >= 15 is 0 Å². The summed E-state index contributed by atoms with van der Waals surface area (Å²) >= 11 is 0. The van der Waals surface area contributed by atoms with Crippen LogP contribution in [0.2, 0.25) is 0 Å². The smallest absolute Gasteiger partial charge is 0.483 e. The fraction of sp³-hybridized carbons (Fsp3) is 0.556. The van der Waals surface area contributed by atoms with Crippen LogP contribution >= 0.6 is 12.4 Å². The maximum atomic E-state index is 8.62. The fourth-order valence-electron chi connectivity index (χ4n) is 2.17. The van der Waals surface area contributed by atoms with Gasteiger partial charge in [0.2, 0.25) is 5.88 Å². The van der Waals surface area contributed by atoms with E-state index in [9.17, 15) is 0 Å². The van der Waals surface area contributed by atoms with Crippen LogP contribution in [-0.4, -0.2) is 47.4 Å². The van der Waals surface area contributed by atoms with Gasteiger partial charge in [-0.1, -0.05) is 0 Å². The third-order valence-corrected chi connectivity index (χ3v) is 3.98. The van der Waals surface area contributed by atoms with E-state index in [1.807, 2.05) is 0 Å². The standard InChI is InChI=1S/C9H12N4O2.C6H4N2O2.C3H8N2.ClH/c1-11-7-8(10)13(6-2-3-6)12-9(7)15-5-4-14;1-7-5(8-2)6-9-3-4-10-6;4-5-3-1-2-3;/h6,14H,2-5,10H2;3-4H2;3,5H,1-2,4H2;1H. The van der Waals surface area contributed by atoms with E-state index in [0.717, 1.165) is 12.8 Å². The Morgan fingerprint density at radius 2 is 1.81 bits per heavy atom. The van der Waals surface area contributed by atoms with Gasteiger partial charge in [-0.15, -0.1) is 27.2 Å². The van der Waals surface area contributed by atoms with Crippen LogP contribution in [0, 0.1) is 19.7 Å². The van der Waals surface area contributed by atoms with Gasteiger partial charge in [0.1, 0.15) is 38.8 Å². The molecule has 0 unspecified atom stereocenters. The minimum absolute atomic E-state index is 0. The maximum Gasteiger partial charge on any atom is 0.599 e. The molecule has 168 valence electrons. The summed E-state index contributed by atoms with van der Waals surface area (Å²) in [6, 6.07) is 0.979. The summed E-state index contributed by atoms with van der Waals surface area (Å²) in [6.45, 7) is 20.9. The number of ether oxygens (including phenoxy) is 3. The van der Waals surface area contributed by atoms with Crippen molar-refractivity contribution in [2.45, 2.75) is 37.8 Å². The largest absolute Gasteiger partial charge is 0.599 e. The van der Waals surface area contributed by atoms with Crippen LogP contribution < -0.4 is 21.7 Å². The van der Waals surface area contributed by atoms with Gasteiger partial charge in [0.25, 0.3) is 5.69 Å². The number of hydrogen-bond acceptors (Lipinski definition) is 8. The zero-order chi connectivity index (χ0) is 21.9. The van der Waals surface area contributed by atoms with E-state index < -0.39 is 0 Å². The molecule has 0 atom stereocenters. The topological polar surface area (TPSA) is 143 Å². The van der Waals surface area contributed by atoms with E-state index in [2.05, 4.69) is 25.1 Å². The number of hydrazine groups is 1. The van der Waals surface area contributed by atoms with Crippen molar-refractivity contribution >= 4 is 23.9 Å². The SMILES string of the molecule is Cl.NNC1CC1.[C-]#[N+]C([N+]#[C-])=C1OCCO1.[C-]#[N+]c1c(OCCO)nn(C2CC2)c1N. The van der Waals surface area contributed by atoms with Crippen LogP contribution in [0.1, 0.15) is 31.7 Å². The summed E-state index contributed by atoms with van der Waals surface area (Å²) in [7, 11) is 0. The van der Waals surface area contributed by atoms with Crippen LogP contribution in [0.15, 0.2) is 11.8 Å². The van der Waals surface area contributed by atoms with Crippen LogP contribution in [0.3, 0.4) is 0 Å². The van der Waals surface area contributed by atoms with Crippen molar-refractivity contribution in [3.63, 3.8) is 0 Å². The molecule has 2 aliphatic carbocycles. The van der Waals surface area contributed by atoms with Crippen molar-refractivity contribution in [3.8, 4) is 5.88 Å². The maximum absolute atomic E-state index is 8.62. The number of aromatic nitrogens is 2. The molecule has 12 nitrogen and oxygen atoms in total. The highest BCUT2D eigenvalue weighted by Crippen LogP contribution is 2.42. The average molecular weight is 453 g/mol. The molecule has 1 aromatic rings. The Morgan fingerprint density at radius 3 is 2.19 bits per heavy atom. The number of rotatable bonds is 5. The molecule has 1 aromatic heterocycles. The second kappa shape index (κ2) is 13.2. The lowest BCUT2D eigenvalue weighted by Crippen LogP contribution is -2.23. The molecule has 1 aliphatic heterocycles. The van der Waals surface area contributed by atoms with Crippen molar-refractivity contribution in [2.24, 2.45) is 5.84 Å². The highest BCUT2D eigenvalue weighted by atomic mass is 35.5. The molecule has 0 amide bonds. The van der Waals surface area contributed by atoms with Crippen molar-refractivity contribution in [1.29, 1.82) is 0 Å². The van der Waals surface area contributed by atoms with E-state index in [0.29, 0.717) is 31.1 Å². The number of nitrogens with two attached hydrogens (primary N) is 2. The first-order valence-corrected chi connectivity index (χ1v) is 9.29. The van der Waals surface area contributed by atoms with Gasteiger partial charge in [0, 0.05) is 6.04 Å². The zero-order valence-corrected chi connectivity index (χ0v) is 17.6. The molecule has 4 rings (SSSR count). The first-order chi connectivity index (χ1) is 14.6. The number of aliphatic hydroxyl groups excluding tert-OH is 1. The minimum atomic E-state index is -0.127. The number of nitrogens with one attached hydrogen (secondary N) is 1. The molecule has 0 radical (unpaired) electrons. The third kappa shape index (κ3) is 7.85. The summed E-state index contributed by atoms with van der Waals surface area (Å²) < 4.78 is 16.4. The molecule has 31 heavy (non-hydrogen) atoms. The molecular weight excluding hydrogens is 428 g/mol. The van der Waals surface area contributed by atoms with E-state index in [1.54, 1.807) is 4.68 Å². The third-order valence-electron chi connectivity index (χ3n) is 3.98. The van der Waals surface area contributed by atoms with Gasteiger partial charge in [-0.05, 0) is 25.7 Å². The molecule has 0 bridgehead atoms. The number of aliphatic hydroxyl groups is 1. The molecular formula is C18H25ClN8O4. The second-order valence-corrected chi connectivity index (χ2v) is 6.37. The minimum Gasteiger partial charge on any atom is -0.483 e. The van der Waals surface area contributed by atoms with Crippen LogP contribution in [0.4, 0.5) is 11.5 Å². The monoisotopic (exact) mass is 452 g/mol. The van der Waals surface area contributed by atoms with Crippen LogP contribution in [-0.2, 0) is 9.47 Å². The lowest BCUT2D eigenvalue weighted by molar-refractivity contribution is 0.173. The van der Waals surface area contributed by atoms with Gasteiger partial charge < -0.3 is 25.1 Å². The van der Waals surface area contributed by atoms with Gasteiger partial charge in [0.05, 0.1) is 19.2 Å². The van der Waals surface area contributed by atoms with Gasteiger partial charge in [0.15, 0.2) is 0 Å². The second-order valence-electron chi connectivity index (χ2n) is 6.37. The molecule has 0 aromatic carbocycles. The molecule has 6 N–H and O–H groups in total. The van der Waals surface area contributed by atoms with E-state index in [4.69, 9.17) is 50.6 Å². The number of nitrogen functional groups attached to an aromatic ring is 1. The Hall–Kier alpha value is -3.21. The molecule has 13 heteroatoms. The molecule has 2 saturated carbocycles. The Morgan fingerprint density at radius 1 is 1.19 bits per heavy atom. The number of nitrogens with zero attached hydrogens (tertiary/aromatic N) is 5. The lowest BCUT2D eigenvalue weighted by atomic mass is 10.5. The van der Waals surface area contributed by atoms with Gasteiger partial charge in [-0.2, -0.15) is 0 Å². The zero-order valence-electron chi connectivity index (χ0n) is 16.8. The van der Waals surface area contributed by atoms with Gasteiger partial charge >= 0.3 is 11.8 Å². The molecule has 0 spiro atoms. The molecule has 3 aliphatic rings. The van der Waals surface area contributed by atoms with Crippen molar-refractivity contribution in [1.82, 2.24) is 15.2 Å². The average Bonchev–Trinajstić information content (AvgIpc) is 3.70. The van der Waals surface area contributed by atoms with Crippen molar-refractivity contribution < 1.29 is 19.3 Å². The first kappa shape index (κ1) is 25.8. The van der Waals surface area contributed by atoms with Crippen LogP contribution in [0.5, 0.6) is 5.88 Å². The number of hydrogen-bond donors (Lipinski definition) is 4. The summed E-state index contributed by atoms with van der Waals surface area (Å²) in [5, 5.41) is 12.7.